The molecule has 0 spiro atoms. The minimum atomic E-state index is -4.45. The van der Waals surface area contributed by atoms with Gasteiger partial charge in [-0.1, -0.05) is 0 Å². The van der Waals surface area contributed by atoms with Gasteiger partial charge in [0, 0.05) is 32.3 Å². The highest BCUT2D eigenvalue weighted by atomic mass is 19.4. The van der Waals surface area contributed by atoms with Crippen LogP contribution in [-0.4, -0.2) is 35.4 Å². The van der Waals surface area contributed by atoms with Crippen molar-refractivity contribution in [2.75, 3.05) is 25.0 Å². The number of carbonyl (C=O) groups excluding carboxylic acids is 1. The molecule has 2 heterocycles. The largest absolute Gasteiger partial charge is 0.419 e. The van der Waals surface area contributed by atoms with Gasteiger partial charge in [-0.15, -0.1) is 0 Å². The van der Waals surface area contributed by atoms with Crippen molar-refractivity contribution in [2.45, 2.75) is 31.9 Å². The van der Waals surface area contributed by atoms with Gasteiger partial charge in [-0.05, 0) is 31.4 Å². The third-order valence-electron chi connectivity index (χ3n) is 3.45. The summed E-state index contributed by atoms with van der Waals surface area (Å²) < 4.78 is 38.3. The third-order valence-corrected chi connectivity index (χ3v) is 3.45. The minimum Gasteiger partial charge on any atom is -0.369 e. The number of rotatable bonds is 4. The second-order valence-corrected chi connectivity index (χ2v) is 5.02. The lowest BCUT2D eigenvalue weighted by atomic mass is 10.1. The highest BCUT2D eigenvalue weighted by molar-refractivity contribution is 5.76. The molecule has 0 aliphatic carbocycles. The van der Waals surface area contributed by atoms with Crippen molar-refractivity contribution in [1.82, 2.24) is 9.88 Å². The van der Waals surface area contributed by atoms with E-state index >= 15 is 0 Å². The zero-order chi connectivity index (χ0) is 15.3. The fourth-order valence-corrected chi connectivity index (χ4v) is 2.36. The average molecular weight is 301 g/mol. The summed E-state index contributed by atoms with van der Waals surface area (Å²) in [5.74, 6) is -0.247. The zero-order valence-corrected chi connectivity index (χ0v) is 11.6. The Balaban J connectivity index is 1.87. The van der Waals surface area contributed by atoms with E-state index in [1.54, 1.807) is 4.90 Å². The summed E-state index contributed by atoms with van der Waals surface area (Å²) in [5.41, 5.74) is -0.810. The van der Waals surface area contributed by atoms with Crippen LogP contribution in [0.25, 0.3) is 0 Å². The summed E-state index contributed by atoms with van der Waals surface area (Å²) in [7, 11) is 0. The van der Waals surface area contributed by atoms with Crippen molar-refractivity contribution in [3.8, 4) is 0 Å². The molecule has 0 unspecified atom stereocenters. The summed E-state index contributed by atoms with van der Waals surface area (Å²) in [4.78, 5) is 17.4. The second kappa shape index (κ2) is 6.78. The summed E-state index contributed by atoms with van der Waals surface area (Å²) in [5, 5.41) is 2.61. The van der Waals surface area contributed by atoms with Crippen LogP contribution in [0.3, 0.4) is 0 Å². The predicted octanol–water partition coefficient (Wildman–Crippen LogP) is 2.91. The number of piperidine rings is 1. The molecule has 1 saturated heterocycles. The standard InChI is InChI=1S/C14H18F3N3O/c15-14(16,17)11-5-4-7-18-13(11)19-8-6-12(21)20-9-2-1-3-10-20/h4-5,7H,1-3,6,8-10H2,(H,18,19). The SMILES string of the molecule is O=C(CCNc1ncccc1C(F)(F)F)N1CCCCC1. The van der Waals surface area contributed by atoms with Gasteiger partial charge in [0.15, 0.2) is 0 Å². The number of halogens is 3. The topological polar surface area (TPSA) is 45.2 Å². The molecular weight excluding hydrogens is 283 g/mol. The van der Waals surface area contributed by atoms with E-state index in [1.807, 2.05) is 0 Å². The monoisotopic (exact) mass is 301 g/mol. The number of hydrogen-bond donors (Lipinski definition) is 1. The fraction of sp³-hybridized carbons (Fsp3) is 0.571. The molecule has 1 aliphatic rings. The molecule has 2 rings (SSSR count). The number of nitrogens with one attached hydrogen (secondary N) is 1. The van der Waals surface area contributed by atoms with Crippen LogP contribution in [-0.2, 0) is 11.0 Å². The maximum absolute atomic E-state index is 12.8. The normalized spacial score (nSPS) is 15.9. The predicted molar refractivity (Wildman–Crippen MR) is 72.8 cm³/mol. The van der Waals surface area contributed by atoms with Crippen LogP contribution in [0.5, 0.6) is 0 Å². The summed E-state index contributed by atoms with van der Waals surface area (Å²) in [6.07, 6.45) is 0.144. The van der Waals surface area contributed by atoms with Crippen molar-refractivity contribution in [1.29, 1.82) is 0 Å². The third kappa shape index (κ3) is 4.34. The zero-order valence-electron chi connectivity index (χ0n) is 11.6. The first-order valence-electron chi connectivity index (χ1n) is 7.02. The molecule has 1 aromatic heterocycles. The van der Waals surface area contributed by atoms with Crippen molar-refractivity contribution >= 4 is 11.7 Å². The Kier molecular flexibility index (Phi) is 5.03. The number of pyridine rings is 1. The molecule has 1 N–H and O–H groups in total. The Labute approximate surface area is 121 Å². The second-order valence-electron chi connectivity index (χ2n) is 5.02. The lowest BCUT2D eigenvalue weighted by Gasteiger charge is -2.26. The van der Waals surface area contributed by atoms with E-state index in [0.717, 1.165) is 38.4 Å². The van der Waals surface area contributed by atoms with Gasteiger partial charge in [0.1, 0.15) is 5.82 Å². The van der Waals surface area contributed by atoms with Crippen LogP contribution in [0.15, 0.2) is 18.3 Å². The number of anilines is 1. The highest BCUT2D eigenvalue weighted by Gasteiger charge is 2.34. The highest BCUT2D eigenvalue weighted by Crippen LogP contribution is 2.33. The first-order chi connectivity index (χ1) is 9.98. The molecule has 116 valence electrons. The Morgan fingerprint density at radius 1 is 1.29 bits per heavy atom. The molecule has 21 heavy (non-hydrogen) atoms. The first-order valence-corrected chi connectivity index (χ1v) is 7.02. The lowest BCUT2D eigenvalue weighted by Crippen LogP contribution is -2.36. The molecule has 4 nitrogen and oxygen atoms in total. The molecule has 1 aliphatic heterocycles. The van der Waals surface area contributed by atoms with E-state index in [-0.39, 0.29) is 24.7 Å². The first kappa shape index (κ1) is 15.6. The van der Waals surface area contributed by atoms with Gasteiger partial charge in [0.05, 0.1) is 5.56 Å². The molecule has 0 aromatic carbocycles. The molecule has 1 aromatic rings. The molecule has 0 radical (unpaired) electrons. The van der Waals surface area contributed by atoms with Crippen molar-refractivity contribution < 1.29 is 18.0 Å². The van der Waals surface area contributed by atoms with E-state index in [1.165, 1.54) is 12.3 Å². The summed E-state index contributed by atoms with van der Waals surface area (Å²) in [6.45, 7) is 1.64. The van der Waals surface area contributed by atoms with E-state index in [0.29, 0.717) is 0 Å². The Morgan fingerprint density at radius 2 is 2.00 bits per heavy atom. The van der Waals surface area contributed by atoms with Gasteiger partial charge in [-0.25, -0.2) is 4.98 Å². The van der Waals surface area contributed by atoms with E-state index in [2.05, 4.69) is 10.3 Å². The summed E-state index contributed by atoms with van der Waals surface area (Å²) >= 11 is 0. The number of likely N-dealkylation sites (tertiary alicyclic amines) is 1. The fourth-order valence-electron chi connectivity index (χ4n) is 2.36. The Hall–Kier alpha value is -1.79. The number of amides is 1. The van der Waals surface area contributed by atoms with Gasteiger partial charge in [-0.2, -0.15) is 13.2 Å². The summed E-state index contributed by atoms with van der Waals surface area (Å²) in [6, 6.07) is 2.22. The molecule has 1 fully saturated rings. The molecule has 7 heteroatoms. The number of aromatic nitrogens is 1. The van der Waals surface area contributed by atoms with Crippen LogP contribution in [0.1, 0.15) is 31.2 Å². The molecule has 1 amide bonds. The van der Waals surface area contributed by atoms with E-state index < -0.39 is 11.7 Å². The number of alkyl halides is 3. The maximum Gasteiger partial charge on any atom is 0.419 e. The number of nitrogens with zero attached hydrogens (tertiary/aromatic N) is 2. The minimum absolute atomic E-state index is 0.0216. The smallest absolute Gasteiger partial charge is 0.369 e. The lowest BCUT2D eigenvalue weighted by molar-refractivity contribution is -0.137. The van der Waals surface area contributed by atoms with Gasteiger partial charge < -0.3 is 10.2 Å². The van der Waals surface area contributed by atoms with Crippen molar-refractivity contribution in [3.05, 3.63) is 23.9 Å². The van der Waals surface area contributed by atoms with Gasteiger partial charge in [-0.3, -0.25) is 4.79 Å². The Bertz CT molecular complexity index is 485. The molecule has 0 saturated carbocycles. The molecule has 0 bridgehead atoms. The maximum atomic E-state index is 12.8. The van der Waals surface area contributed by atoms with E-state index in [9.17, 15) is 18.0 Å². The Morgan fingerprint density at radius 3 is 2.67 bits per heavy atom. The molecule has 0 atom stereocenters. The van der Waals surface area contributed by atoms with E-state index in [4.69, 9.17) is 0 Å². The van der Waals surface area contributed by atoms with Crippen LogP contribution in [0.4, 0.5) is 19.0 Å². The van der Waals surface area contributed by atoms with Crippen molar-refractivity contribution in [3.63, 3.8) is 0 Å². The van der Waals surface area contributed by atoms with Crippen LogP contribution in [0, 0.1) is 0 Å². The number of hydrogen-bond acceptors (Lipinski definition) is 3. The van der Waals surface area contributed by atoms with Crippen LogP contribution in [0.2, 0.25) is 0 Å². The van der Waals surface area contributed by atoms with Gasteiger partial charge in [0.25, 0.3) is 0 Å². The average Bonchev–Trinajstić information content (AvgIpc) is 2.47. The van der Waals surface area contributed by atoms with Crippen molar-refractivity contribution in [2.24, 2.45) is 0 Å². The molecular formula is C14H18F3N3O. The van der Waals surface area contributed by atoms with Gasteiger partial charge >= 0.3 is 6.18 Å². The van der Waals surface area contributed by atoms with Gasteiger partial charge in [0.2, 0.25) is 5.91 Å². The quantitative estimate of drug-likeness (QED) is 0.930. The van der Waals surface area contributed by atoms with Crippen LogP contribution < -0.4 is 5.32 Å². The number of carbonyl (C=O) groups is 1. The van der Waals surface area contributed by atoms with Crippen LogP contribution >= 0.6 is 0 Å².